The zero-order valence-electron chi connectivity index (χ0n) is 16.4. The predicted octanol–water partition coefficient (Wildman–Crippen LogP) is 1.32. The Bertz CT molecular complexity index is 647. The lowest BCUT2D eigenvalue weighted by molar-refractivity contribution is -0.122. The number of nitrogens with two attached hydrogens (primary N) is 1. The molecule has 0 saturated heterocycles. The molecule has 0 spiro atoms. The second-order valence-electron chi connectivity index (χ2n) is 8.26. The van der Waals surface area contributed by atoms with Gasteiger partial charge in [0, 0.05) is 25.0 Å². The van der Waals surface area contributed by atoms with Gasteiger partial charge in [-0.15, -0.1) is 0 Å². The van der Waals surface area contributed by atoms with E-state index in [-0.39, 0.29) is 11.9 Å². The van der Waals surface area contributed by atoms with Crippen LogP contribution in [0.2, 0.25) is 0 Å². The first kappa shape index (κ1) is 20.2. The molecule has 1 heterocycles. The zero-order chi connectivity index (χ0) is 19.4. The smallest absolute Gasteiger partial charge is 0.534 e. The molecule has 27 heavy (non-hydrogen) atoms. The van der Waals surface area contributed by atoms with Gasteiger partial charge in [0.15, 0.2) is 0 Å². The van der Waals surface area contributed by atoms with Crippen LogP contribution in [-0.4, -0.2) is 42.6 Å². The summed E-state index contributed by atoms with van der Waals surface area (Å²) < 4.78 is 5.65. The van der Waals surface area contributed by atoms with Crippen LogP contribution in [0.1, 0.15) is 50.2 Å². The Morgan fingerprint density at radius 3 is 2.81 bits per heavy atom. The van der Waals surface area contributed by atoms with E-state index in [4.69, 9.17) is 10.4 Å². The first-order valence-corrected chi connectivity index (χ1v) is 10.1. The van der Waals surface area contributed by atoms with E-state index in [9.17, 15) is 9.82 Å². The van der Waals surface area contributed by atoms with Gasteiger partial charge in [0.1, 0.15) is 5.75 Å². The number of para-hydroxylation sites is 1. The van der Waals surface area contributed by atoms with E-state index < -0.39 is 13.1 Å². The van der Waals surface area contributed by atoms with Gasteiger partial charge < -0.3 is 26.0 Å². The molecule has 3 rings (SSSR count). The third-order valence-corrected chi connectivity index (χ3v) is 5.71. The molecule has 2 atom stereocenters. The van der Waals surface area contributed by atoms with Crippen molar-refractivity contribution in [2.24, 2.45) is 11.7 Å². The Kier molecular flexibility index (Phi) is 6.79. The molecule has 1 amide bonds. The highest BCUT2D eigenvalue weighted by atomic mass is 16.5. The van der Waals surface area contributed by atoms with E-state index in [1.807, 2.05) is 32.0 Å². The van der Waals surface area contributed by atoms with Crippen LogP contribution in [0.4, 0.5) is 0 Å². The molecule has 5 N–H and O–H groups in total. The van der Waals surface area contributed by atoms with E-state index in [1.165, 1.54) is 0 Å². The molecule has 1 saturated carbocycles. The van der Waals surface area contributed by atoms with Crippen LogP contribution in [0.3, 0.4) is 0 Å². The lowest BCUT2D eigenvalue weighted by Crippen LogP contribution is -2.53. The van der Waals surface area contributed by atoms with Crippen molar-refractivity contribution in [3.63, 3.8) is 0 Å². The van der Waals surface area contributed by atoms with Crippen molar-refractivity contribution >= 4 is 13.0 Å². The standard InChI is InChI=1S/C20H32BN3O3/c1-13-4-3-5-16-11-18(21(26)27-20(13)16)24-19(25)10-15-6-8-17(9-7-15)23-12-14(2)22/h3-5,14-15,17-18,23,26H,6-12,22H2,1-2H3,(H,24,25). The van der Waals surface area contributed by atoms with Gasteiger partial charge in [0.25, 0.3) is 0 Å². The maximum atomic E-state index is 12.5. The maximum absolute atomic E-state index is 12.5. The van der Waals surface area contributed by atoms with Crippen molar-refractivity contribution in [3.05, 3.63) is 29.3 Å². The number of fused-ring (bicyclic) bond motifs is 1. The summed E-state index contributed by atoms with van der Waals surface area (Å²) in [5, 5.41) is 16.8. The number of nitrogens with one attached hydrogen (secondary N) is 2. The number of amides is 1. The van der Waals surface area contributed by atoms with Crippen LogP contribution in [0.25, 0.3) is 0 Å². The minimum absolute atomic E-state index is 0.00532. The summed E-state index contributed by atoms with van der Waals surface area (Å²) in [7, 11) is -0.999. The number of carbonyl (C=O) groups is 1. The number of benzene rings is 1. The number of hydrogen-bond acceptors (Lipinski definition) is 5. The molecular weight excluding hydrogens is 341 g/mol. The molecule has 7 heteroatoms. The third-order valence-electron chi connectivity index (χ3n) is 5.71. The molecule has 1 aromatic carbocycles. The summed E-state index contributed by atoms with van der Waals surface area (Å²) in [5.74, 6) is 0.768. The zero-order valence-corrected chi connectivity index (χ0v) is 16.4. The van der Waals surface area contributed by atoms with Crippen LogP contribution >= 0.6 is 0 Å². The third kappa shape index (κ3) is 5.47. The Balaban J connectivity index is 1.45. The lowest BCUT2D eigenvalue weighted by atomic mass is 9.72. The summed E-state index contributed by atoms with van der Waals surface area (Å²) in [5.41, 5.74) is 7.83. The van der Waals surface area contributed by atoms with Gasteiger partial charge in [-0.25, -0.2) is 0 Å². The number of rotatable bonds is 6. The fourth-order valence-corrected chi connectivity index (χ4v) is 4.16. The highest BCUT2D eigenvalue weighted by Gasteiger charge is 2.36. The van der Waals surface area contributed by atoms with Crippen LogP contribution < -0.4 is 21.0 Å². The number of carbonyl (C=O) groups excluding carboxylic acids is 1. The van der Waals surface area contributed by atoms with Gasteiger partial charge in [-0.1, -0.05) is 18.2 Å². The van der Waals surface area contributed by atoms with Crippen molar-refractivity contribution in [2.45, 2.75) is 70.4 Å². The van der Waals surface area contributed by atoms with Gasteiger partial charge in [-0.3, -0.25) is 4.79 Å². The second-order valence-corrected chi connectivity index (χ2v) is 8.26. The van der Waals surface area contributed by atoms with Crippen LogP contribution in [0.5, 0.6) is 5.75 Å². The normalized spacial score (nSPS) is 26.1. The van der Waals surface area contributed by atoms with E-state index in [2.05, 4.69) is 10.6 Å². The van der Waals surface area contributed by atoms with Gasteiger partial charge in [0.05, 0.1) is 5.94 Å². The van der Waals surface area contributed by atoms with Gasteiger partial charge in [-0.05, 0) is 63.0 Å². The highest BCUT2D eigenvalue weighted by molar-refractivity contribution is 6.46. The summed E-state index contributed by atoms with van der Waals surface area (Å²) in [6.45, 7) is 4.81. The van der Waals surface area contributed by atoms with Gasteiger partial charge in [0.2, 0.25) is 5.91 Å². The molecule has 1 aliphatic carbocycles. The Labute approximate surface area is 162 Å². The Morgan fingerprint density at radius 1 is 1.37 bits per heavy atom. The monoisotopic (exact) mass is 373 g/mol. The first-order chi connectivity index (χ1) is 12.9. The average molecular weight is 373 g/mol. The minimum atomic E-state index is -0.999. The van der Waals surface area contributed by atoms with Crippen molar-refractivity contribution in [3.8, 4) is 5.75 Å². The summed E-state index contributed by atoms with van der Waals surface area (Å²) in [6.07, 6.45) is 5.40. The summed E-state index contributed by atoms with van der Waals surface area (Å²) in [4.78, 5) is 12.5. The summed E-state index contributed by atoms with van der Waals surface area (Å²) in [6, 6.07) is 6.62. The lowest BCUT2D eigenvalue weighted by Gasteiger charge is -2.31. The fraction of sp³-hybridized carbons (Fsp3) is 0.650. The predicted molar refractivity (Wildman–Crippen MR) is 107 cm³/mol. The molecule has 0 bridgehead atoms. The van der Waals surface area contributed by atoms with Gasteiger partial charge >= 0.3 is 7.12 Å². The largest absolute Gasteiger partial charge is 0.547 e. The van der Waals surface area contributed by atoms with Crippen LogP contribution in [0, 0.1) is 12.8 Å². The number of aryl methyl sites for hydroxylation is 1. The molecule has 1 fully saturated rings. The maximum Gasteiger partial charge on any atom is 0.547 e. The fourth-order valence-electron chi connectivity index (χ4n) is 4.16. The Morgan fingerprint density at radius 2 is 2.11 bits per heavy atom. The highest BCUT2D eigenvalue weighted by Crippen LogP contribution is 2.30. The van der Waals surface area contributed by atoms with Crippen LogP contribution in [-0.2, 0) is 11.2 Å². The molecule has 2 unspecified atom stereocenters. The SMILES string of the molecule is Cc1cccc2c1OB(O)C(NC(=O)CC1CCC(NCC(C)N)CC1)C2. The van der Waals surface area contributed by atoms with Crippen LogP contribution in [0.15, 0.2) is 18.2 Å². The topological polar surface area (TPSA) is 96.6 Å². The van der Waals surface area contributed by atoms with E-state index in [0.29, 0.717) is 24.8 Å². The molecule has 1 aromatic rings. The van der Waals surface area contributed by atoms with Crippen molar-refractivity contribution < 1.29 is 14.5 Å². The molecule has 2 aliphatic rings. The molecule has 6 nitrogen and oxygen atoms in total. The van der Waals surface area contributed by atoms with Crippen molar-refractivity contribution in [1.29, 1.82) is 0 Å². The van der Waals surface area contributed by atoms with Crippen molar-refractivity contribution in [1.82, 2.24) is 10.6 Å². The minimum Gasteiger partial charge on any atom is -0.534 e. The van der Waals surface area contributed by atoms with Crippen molar-refractivity contribution in [2.75, 3.05) is 6.54 Å². The molecule has 148 valence electrons. The van der Waals surface area contributed by atoms with E-state index in [0.717, 1.165) is 49.1 Å². The van der Waals surface area contributed by atoms with E-state index >= 15 is 0 Å². The molecular formula is C20H32BN3O3. The first-order valence-electron chi connectivity index (χ1n) is 10.1. The molecule has 0 radical (unpaired) electrons. The summed E-state index contributed by atoms with van der Waals surface area (Å²) >= 11 is 0. The van der Waals surface area contributed by atoms with Gasteiger partial charge in [-0.2, -0.15) is 0 Å². The Hall–Kier alpha value is -1.57. The quantitative estimate of drug-likeness (QED) is 0.564. The average Bonchev–Trinajstić information content (AvgIpc) is 2.62. The molecule has 1 aliphatic heterocycles. The second kappa shape index (κ2) is 9.08. The van der Waals surface area contributed by atoms with E-state index in [1.54, 1.807) is 0 Å². The number of hydrogen-bond donors (Lipinski definition) is 4. The molecule has 0 aromatic heterocycles.